The van der Waals surface area contributed by atoms with Gasteiger partial charge in [0.15, 0.2) is 0 Å². The summed E-state index contributed by atoms with van der Waals surface area (Å²) in [7, 11) is 1.64. The molecule has 0 saturated carbocycles. The number of anilines is 1. The Morgan fingerprint density at radius 2 is 2.10 bits per heavy atom. The molecule has 0 aliphatic heterocycles. The van der Waals surface area contributed by atoms with Crippen LogP contribution in [0.15, 0.2) is 42.6 Å². The summed E-state index contributed by atoms with van der Waals surface area (Å²) in [6.45, 7) is 1.95. The highest BCUT2D eigenvalue weighted by atomic mass is 16.5. The zero-order valence-corrected chi connectivity index (χ0v) is 12.2. The van der Waals surface area contributed by atoms with Gasteiger partial charge in [-0.15, -0.1) is 0 Å². The number of nitrogen functional groups attached to an aromatic ring is 1. The minimum Gasteiger partial charge on any atom is -0.496 e. The molecule has 1 atom stereocenters. The van der Waals surface area contributed by atoms with E-state index < -0.39 is 0 Å². The second-order valence-corrected chi connectivity index (χ2v) is 4.87. The SMILES string of the molecule is COc1ccccc1CC(C)NC(=O)c1ccc(N)cn1. The molecule has 2 aromatic rings. The second kappa shape index (κ2) is 6.74. The maximum Gasteiger partial charge on any atom is 0.270 e. The molecule has 21 heavy (non-hydrogen) atoms. The molecule has 1 aromatic carbocycles. The summed E-state index contributed by atoms with van der Waals surface area (Å²) in [5.41, 5.74) is 7.50. The van der Waals surface area contributed by atoms with E-state index in [1.165, 1.54) is 6.20 Å². The highest BCUT2D eigenvalue weighted by Crippen LogP contribution is 2.18. The molecule has 0 saturated heterocycles. The molecule has 0 spiro atoms. The van der Waals surface area contributed by atoms with Crippen LogP contribution in [0.5, 0.6) is 5.75 Å². The molecule has 110 valence electrons. The van der Waals surface area contributed by atoms with Crippen LogP contribution >= 0.6 is 0 Å². The minimum atomic E-state index is -0.211. The van der Waals surface area contributed by atoms with Crippen molar-refractivity contribution in [3.63, 3.8) is 0 Å². The number of nitrogens with one attached hydrogen (secondary N) is 1. The van der Waals surface area contributed by atoms with Crippen molar-refractivity contribution in [2.24, 2.45) is 0 Å². The zero-order valence-electron chi connectivity index (χ0n) is 12.2. The Morgan fingerprint density at radius 1 is 1.33 bits per heavy atom. The number of methoxy groups -OCH3 is 1. The van der Waals surface area contributed by atoms with Crippen LogP contribution in [0, 0.1) is 0 Å². The van der Waals surface area contributed by atoms with Crippen molar-refractivity contribution in [3.05, 3.63) is 53.9 Å². The van der Waals surface area contributed by atoms with Gasteiger partial charge in [0.05, 0.1) is 19.0 Å². The van der Waals surface area contributed by atoms with Gasteiger partial charge in [0, 0.05) is 6.04 Å². The summed E-state index contributed by atoms with van der Waals surface area (Å²) >= 11 is 0. The molecule has 5 heteroatoms. The van der Waals surface area contributed by atoms with Crippen LogP contribution in [-0.4, -0.2) is 24.0 Å². The number of amides is 1. The summed E-state index contributed by atoms with van der Waals surface area (Å²) in [5.74, 6) is 0.613. The molecule has 0 aliphatic carbocycles. The van der Waals surface area contributed by atoms with Gasteiger partial charge in [-0.2, -0.15) is 0 Å². The predicted octanol–water partition coefficient (Wildman–Crippen LogP) is 2.03. The number of hydrogen-bond donors (Lipinski definition) is 2. The maximum absolute atomic E-state index is 12.1. The van der Waals surface area contributed by atoms with Gasteiger partial charge >= 0.3 is 0 Å². The summed E-state index contributed by atoms with van der Waals surface area (Å²) < 4.78 is 5.31. The molecule has 1 amide bonds. The van der Waals surface area contributed by atoms with E-state index >= 15 is 0 Å². The van der Waals surface area contributed by atoms with Crippen LogP contribution in [0.4, 0.5) is 5.69 Å². The molecule has 0 aliphatic rings. The summed E-state index contributed by atoms with van der Waals surface area (Å²) in [5, 5.41) is 2.92. The third kappa shape index (κ3) is 3.95. The van der Waals surface area contributed by atoms with Crippen LogP contribution in [0.2, 0.25) is 0 Å². The number of nitrogens with zero attached hydrogens (tertiary/aromatic N) is 1. The minimum absolute atomic E-state index is 0.0341. The van der Waals surface area contributed by atoms with Crippen LogP contribution in [-0.2, 0) is 6.42 Å². The Hall–Kier alpha value is -2.56. The fourth-order valence-electron chi connectivity index (χ4n) is 2.09. The predicted molar refractivity (Wildman–Crippen MR) is 82.3 cm³/mol. The molecule has 0 fully saturated rings. The number of nitrogens with two attached hydrogens (primary N) is 1. The molecular formula is C16H19N3O2. The van der Waals surface area contributed by atoms with Crippen molar-refractivity contribution in [3.8, 4) is 5.75 Å². The highest BCUT2D eigenvalue weighted by molar-refractivity contribution is 5.92. The van der Waals surface area contributed by atoms with E-state index in [0.29, 0.717) is 17.8 Å². The molecule has 1 unspecified atom stereocenters. The van der Waals surface area contributed by atoms with Gasteiger partial charge in [-0.1, -0.05) is 18.2 Å². The van der Waals surface area contributed by atoms with Crippen LogP contribution in [0.3, 0.4) is 0 Å². The zero-order chi connectivity index (χ0) is 15.2. The van der Waals surface area contributed by atoms with Crippen molar-refractivity contribution in [1.29, 1.82) is 0 Å². The lowest BCUT2D eigenvalue weighted by atomic mass is 10.1. The van der Waals surface area contributed by atoms with E-state index in [4.69, 9.17) is 10.5 Å². The number of pyridine rings is 1. The van der Waals surface area contributed by atoms with Crippen LogP contribution in [0.25, 0.3) is 0 Å². The van der Waals surface area contributed by atoms with Crippen LogP contribution in [0.1, 0.15) is 23.0 Å². The van der Waals surface area contributed by atoms with Gasteiger partial charge in [0.1, 0.15) is 11.4 Å². The summed E-state index contributed by atoms with van der Waals surface area (Å²) in [4.78, 5) is 16.1. The number of benzene rings is 1. The molecule has 1 aromatic heterocycles. The number of para-hydroxylation sites is 1. The van der Waals surface area contributed by atoms with Gasteiger partial charge in [-0.3, -0.25) is 4.79 Å². The number of carbonyl (C=O) groups excluding carboxylic acids is 1. The standard InChI is InChI=1S/C16H19N3O2/c1-11(9-12-5-3-4-6-15(12)21-2)19-16(20)14-8-7-13(17)10-18-14/h3-8,10-11H,9,17H2,1-2H3,(H,19,20). The quantitative estimate of drug-likeness (QED) is 0.881. The van der Waals surface area contributed by atoms with Crippen molar-refractivity contribution >= 4 is 11.6 Å². The van der Waals surface area contributed by atoms with Gasteiger partial charge in [-0.05, 0) is 37.1 Å². The second-order valence-electron chi connectivity index (χ2n) is 4.87. The molecular weight excluding hydrogens is 266 g/mol. The summed E-state index contributed by atoms with van der Waals surface area (Å²) in [6.07, 6.45) is 2.16. The molecule has 1 heterocycles. The number of ether oxygens (including phenoxy) is 1. The first-order valence-corrected chi connectivity index (χ1v) is 6.74. The molecule has 0 bridgehead atoms. The van der Waals surface area contributed by atoms with Gasteiger partial charge < -0.3 is 15.8 Å². The number of carbonyl (C=O) groups is 1. The first-order valence-electron chi connectivity index (χ1n) is 6.74. The lowest BCUT2D eigenvalue weighted by Crippen LogP contribution is -2.34. The third-order valence-electron chi connectivity index (χ3n) is 3.12. The monoisotopic (exact) mass is 285 g/mol. The van der Waals surface area contributed by atoms with Crippen molar-refractivity contribution in [1.82, 2.24) is 10.3 Å². The largest absolute Gasteiger partial charge is 0.496 e. The number of hydrogen-bond acceptors (Lipinski definition) is 4. The van der Waals surface area contributed by atoms with E-state index in [-0.39, 0.29) is 11.9 Å². The molecule has 2 rings (SSSR count). The van der Waals surface area contributed by atoms with E-state index in [1.54, 1.807) is 19.2 Å². The van der Waals surface area contributed by atoms with Gasteiger partial charge in [0.25, 0.3) is 5.91 Å². The molecule has 0 radical (unpaired) electrons. The van der Waals surface area contributed by atoms with Crippen molar-refractivity contribution < 1.29 is 9.53 Å². The van der Waals surface area contributed by atoms with Gasteiger partial charge in [0.2, 0.25) is 0 Å². The topological polar surface area (TPSA) is 77.2 Å². The molecule has 5 nitrogen and oxygen atoms in total. The average molecular weight is 285 g/mol. The first kappa shape index (κ1) is 14.8. The maximum atomic E-state index is 12.1. The van der Waals surface area contributed by atoms with E-state index in [2.05, 4.69) is 10.3 Å². The van der Waals surface area contributed by atoms with Crippen molar-refractivity contribution in [2.45, 2.75) is 19.4 Å². The van der Waals surface area contributed by atoms with E-state index in [0.717, 1.165) is 11.3 Å². The molecule has 3 N–H and O–H groups in total. The Morgan fingerprint density at radius 3 is 2.76 bits per heavy atom. The lowest BCUT2D eigenvalue weighted by Gasteiger charge is -2.15. The fourth-order valence-corrected chi connectivity index (χ4v) is 2.09. The Kier molecular flexibility index (Phi) is 4.77. The highest BCUT2D eigenvalue weighted by Gasteiger charge is 2.13. The van der Waals surface area contributed by atoms with E-state index in [1.807, 2.05) is 31.2 Å². The number of aromatic nitrogens is 1. The third-order valence-corrected chi connectivity index (χ3v) is 3.12. The first-order chi connectivity index (χ1) is 10.1. The van der Waals surface area contributed by atoms with Crippen LogP contribution < -0.4 is 15.8 Å². The Balaban J connectivity index is 1.99. The smallest absolute Gasteiger partial charge is 0.270 e. The lowest BCUT2D eigenvalue weighted by molar-refractivity contribution is 0.0935. The average Bonchev–Trinajstić information content (AvgIpc) is 2.48. The Labute approximate surface area is 124 Å². The van der Waals surface area contributed by atoms with Crippen molar-refractivity contribution in [2.75, 3.05) is 12.8 Å². The Bertz CT molecular complexity index is 611. The number of rotatable bonds is 5. The normalized spacial score (nSPS) is 11.7. The van der Waals surface area contributed by atoms with E-state index in [9.17, 15) is 4.79 Å². The summed E-state index contributed by atoms with van der Waals surface area (Å²) in [6, 6.07) is 11.0. The fraction of sp³-hybridized carbons (Fsp3) is 0.250. The van der Waals surface area contributed by atoms with Gasteiger partial charge in [-0.25, -0.2) is 4.98 Å².